The molecule has 0 saturated heterocycles. The summed E-state index contributed by atoms with van der Waals surface area (Å²) in [5, 5.41) is 3.02. The molecule has 2 aliphatic rings. The topological polar surface area (TPSA) is 58.6 Å². The van der Waals surface area contributed by atoms with Gasteiger partial charge in [0.05, 0.1) is 5.69 Å². The van der Waals surface area contributed by atoms with Gasteiger partial charge in [0.2, 0.25) is 0 Å². The maximum atomic E-state index is 12.5. The first kappa shape index (κ1) is 16.6. The summed E-state index contributed by atoms with van der Waals surface area (Å²) in [6.45, 7) is 0.726. The summed E-state index contributed by atoms with van der Waals surface area (Å²) >= 11 is 0. The molecule has 1 heterocycles. The highest BCUT2D eigenvalue weighted by molar-refractivity contribution is 6.00. The molecule has 0 spiro atoms. The number of ether oxygens (including phenoxy) is 1. The largest absolute Gasteiger partial charge is 0.482 e. The lowest BCUT2D eigenvalue weighted by Gasteiger charge is -2.35. The van der Waals surface area contributed by atoms with E-state index in [1.54, 1.807) is 25.2 Å². The molecule has 1 fully saturated rings. The van der Waals surface area contributed by atoms with Gasteiger partial charge in [-0.15, -0.1) is 0 Å². The van der Waals surface area contributed by atoms with E-state index in [4.69, 9.17) is 4.74 Å². The highest BCUT2D eigenvalue weighted by atomic mass is 16.5. The van der Waals surface area contributed by atoms with Gasteiger partial charge in [-0.1, -0.05) is 30.3 Å². The Morgan fingerprint density at radius 3 is 2.73 bits per heavy atom. The van der Waals surface area contributed by atoms with E-state index in [1.165, 1.54) is 10.5 Å². The van der Waals surface area contributed by atoms with Crippen LogP contribution in [0.3, 0.4) is 0 Å². The first-order valence-corrected chi connectivity index (χ1v) is 8.98. The molecule has 0 aromatic heterocycles. The van der Waals surface area contributed by atoms with Crippen molar-refractivity contribution in [2.45, 2.75) is 18.8 Å². The highest BCUT2D eigenvalue weighted by Crippen LogP contribution is 2.41. The number of rotatable bonds is 4. The fraction of sp³-hybridized carbons (Fsp3) is 0.333. The third kappa shape index (κ3) is 3.17. The van der Waals surface area contributed by atoms with E-state index < -0.39 is 0 Å². The Morgan fingerprint density at radius 1 is 1.19 bits per heavy atom. The number of nitrogens with one attached hydrogen (secondary N) is 1. The quantitative estimate of drug-likeness (QED) is 0.922. The van der Waals surface area contributed by atoms with Gasteiger partial charge in [0.15, 0.2) is 6.61 Å². The maximum Gasteiger partial charge on any atom is 0.264 e. The van der Waals surface area contributed by atoms with Crippen LogP contribution >= 0.6 is 0 Å². The van der Waals surface area contributed by atoms with E-state index in [2.05, 4.69) is 29.6 Å². The number of carbonyl (C=O) groups is 2. The van der Waals surface area contributed by atoms with Crippen molar-refractivity contribution in [2.75, 3.05) is 25.1 Å². The highest BCUT2D eigenvalue weighted by Gasteiger charge is 2.30. The first-order valence-electron chi connectivity index (χ1n) is 8.98. The summed E-state index contributed by atoms with van der Waals surface area (Å²) in [7, 11) is 1.70. The maximum absolute atomic E-state index is 12.5. The molecule has 0 atom stereocenters. The van der Waals surface area contributed by atoms with Crippen molar-refractivity contribution in [3.05, 3.63) is 59.7 Å². The van der Waals surface area contributed by atoms with E-state index in [0.29, 0.717) is 35.4 Å². The number of anilines is 1. The van der Waals surface area contributed by atoms with E-state index >= 15 is 0 Å². The van der Waals surface area contributed by atoms with Crippen molar-refractivity contribution < 1.29 is 14.3 Å². The van der Waals surface area contributed by atoms with Gasteiger partial charge in [0.1, 0.15) is 5.75 Å². The molecule has 2 aromatic carbocycles. The first-order chi connectivity index (χ1) is 12.6. The lowest BCUT2D eigenvalue weighted by Crippen LogP contribution is -2.37. The Hall–Kier alpha value is -2.82. The van der Waals surface area contributed by atoms with Crippen molar-refractivity contribution in [1.82, 2.24) is 5.32 Å². The zero-order valence-electron chi connectivity index (χ0n) is 14.8. The minimum Gasteiger partial charge on any atom is -0.482 e. The van der Waals surface area contributed by atoms with Crippen LogP contribution in [0.25, 0.3) is 0 Å². The van der Waals surface area contributed by atoms with E-state index in [-0.39, 0.29) is 18.4 Å². The van der Waals surface area contributed by atoms with Crippen molar-refractivity contribution in [2.24, 2.45) is 5.92 Å². The normalized spacial score (nSPS) is 21.4. The molecule has 0 bridgehead atoms. The van der Waals surface area contributed by atoms with Gasteiger partial charge in [-0.05, 0) is 48.4 Å². The average molecular weight is 350 g/mol. The van der Waals surface area contributed by atoms with Gasteiger partial charge in [-0.2, -0.15) is 0 Å². The summed E-state index contributed by atoms with van der Waals surface area (Å²) in [5.74, 6) is 1.54. The molecule has 26 heavy (non-hydrogen) atoms. The summed E-state index contributed by atoms with van der Waals surface area (Å²) in [6.07, 6.45) is 2.22. The van der Waals surface area contributed by atoms with Crippen LogP contribution in [0, 0.1) is 5.92 Å². The van der Waals surface area contributed by atoms with Crippen molar-refractivity contribution in [1.29, 1.82) is 0 Å². The number of amides is 2. The van der Waals surface area contributed by atoms with Crippen LogP contribution in [-0.2, 0) is 4.79 Å². The van der Waals surface area contributed by atoms with Crippen molar-refractivity contribution >= 4 is 17.5 Å². The number of hydrogen-bond acceptors (Lipinski definition) is 3. The van der Waals surface area contributed by atoms with E-state index in [1.807, 2.05) is 6.07 Å². The van der Waals surface area contributed by atoms with Crippen LogP contribution in [0.15, 0.2) is 48.5 Å². The van der Waals surface area contributed by atoms with Crippen molar-refractivity contribution in [3.63, 3.8) is 0 Å². The fourth-order valence-corrected chi connectivity index (χ4v) is 3.65. The zero-order chi connectivity index (χ0) is 18.1. The van der Waals surface area contributed by atoms with Crippen molar-refractivity contribution in [3.8, 4) is 5.75 Å². The number of likely N-dealkylation sites (N-methyl/N-ethyl adjacent to an activating group) is 1. The fourth-order valence-electron chi connectivity index (χ4n) is 3.65. The van der Waals surface area contributed by atoms with Gasteiger partial charge < -0.3 is 15.0 Å². The Kier molecular flexibility index (Phi) is 4.37. The van der Waals surface area contributed by atoms with Crippen LogP contribution in [0.4, 0.5) is 5.69 Å². The number of carbonyl (C=O) groups excluding carboxylic acids is 2. The van der Waals surface area contributed by atoms with Gasteiger partial charge in [0, 0.05) is 19.2 Å². The van der Waals surface area contributed by atoms with Crippen LogP contribution in [0.2, 0.25) is 0 Å². The van der Waals surface area contributed by atoms with Crippen LogP contribution in [0.1, 0.15) is 34.7 Å². The van der Waals surface area contributed by atoms with Crippen LogP contribution < -0.4 is 15.0 Å². The molecule has 134 valence electrons. The predicted octanol–water partition coefficient (Wildman–Crippen LogP) is 2.97. The standard InChI is InChI=1S/C21H22N2O3/c1-23-18-11-16(7-8-19(18)26-13-20(23)24)21(25)22-12-14-9-17(10-14)15-5-3-2-4-6-15/h2-8,11,14,17H,9-10,12-13H2,1H3,(H,22,25). The third-order valence-corrected chi connectivity index (χ3v) is 5.37. The molecule has 5 heteroatoms. The minimum absolute atomic E-state index is 0.0410. The molecule has 0 unspecified atom stereocenters. The molecule has 4 rings (SSSR count). The van der Waals surface area contributed by atoms with E-state index in [9.17, 15) is 9.59 Å². The Labute approximate surface area is 153 Å². The average Bonchev–Trinajstić information content (AvgIpc) is 2.64. The van der Waals surface area contributed by atoms with Gasteiger partial charge in [-0.3, -0.25) is 9.59 Å². The predicted molar refractivity (Wildman–Crippen MR) is 99.6 cm³/mol. The molecule has 5 nitrogen and oxygen atoms in total. The summed E-state index contributed by atoms with van der Waals surface area (Å²) in [5.41, 5.74) is 2.58. The number of fused-ring (bicyclic) bond motifs is 1. The molecular formula is C21H22N2O3. The molecule has 1 aliphatic heterocycles. The van der Waals surface area contributed by atoms with Gasteiger partial charge >= 0.3 is 0 Å². The van der Waals surface area contributed by atoms with Gasteiger partial charge in [0.25, 0.3) is 11.8 Å². The molecule has 1 aliphatic carbocycles. The molecule has 1 N–H and O–H groups in total. The molecule has 2 amide bonds. The molecule has 2 aromatic rings. The number of benzene rings is 2. The lowest BCUT2D eigenvalue weighted by molar-refractivity contribution is -0.120. The second-order valence-corrected chi connectivity index (χ2v) is 7.08. The number of hydrogen-bond donors (Lipinski definition) is 1. The molecular weight excluding hydrogens is 328 g/mol. The van der Waals surface area contributed by atoms with E-state index in [0.717, 1.165) is 12.8 Å². The third-order valence-electron chi connectivity index (χ3n) is 5.37. The summed E-state index contributed by atoms with van der Waals surface area (Å²) in [4.78, 5) is 25.7. The second-order valence-electron chi connectivity index (χ2n) is 7.08. The summed E-state index contributed by atoms with van der Waals surface area (Å²) < 4.78 is 5.40. The molecule has 0 radical (unpaired) electrons. The number of nitrogens with zero attached hydrogens (tertiary/aromatic N) is 1. The monoisotopic (exact) mass is 350 g/mol. The Bertz CT molecular complexity index is 828. The smallest absolute Gasteiger partial charge is 0.264 e. The van der Waals surface area contributed by atoms with Crippen LogP contribution in [-0.4, -0.2) is 32.0 Å². The summed E-state index contributed by atoms with van der Waals surface area (Å²) in [6, 6.07) is 15.7. The lowest BCUT2D eigenvalue weighted by atomic mass is 9.71. The SMILES string of the molecule is CN1C(=O)COc2ccc(C(=O)NCC3CC(c4ccccc4)C3)cc21. The minimum atomic E-state index is -0.114. The van der Waals surface area contributed by atoms with Crippen LogP contribution in [0.5, 0.6) is 5.75 Å². The van der Waals surface area contributed by atoms with Gasteiger partial charge in [-0.25, -0.2) is 0 Å². The Balaban J connectivity index is 1.33. The Morgan fingerprint density at radius 2 is 1.96 bits per heavy atom. The zero-order valence-corrected chi connectivity index (χ0v) is 14.8. The molecule has 1 saturated carbocycles. The second kappa shape index (κ2) is 6.83.